The van der Waals surface area contributed by atoms with Gasteiger partial charge in [-0.1, -0.05) is 18.2 Å². The molecule has 0 aliphatic rings. The molecule has 82 valence electrons. The zero-order valence-electron chi connectivity index (χ0n) is 8.17. The highest BCUT2D eigenvalue weighted by molar-refractivity contribution is 5.82. The molecule has 1 aromatic heterocycles. The van der Waals surface area contributed by atoms with Gasteiger partial charge in [-0.25, -0.2) is 18.9 Å². The average Bonchev–Trinajstić information content (AvgIpc) is 2.70. The molecule has 2 rings (SSSR count). The third kappa shape index (κ3) is 2.05. The molecule has 0 aliphatic carbocycles. The van der Waals surface area contributed by atoms with Crippen LogP contribution in [0.1, 0.15) is 16.2 Å². The Morgan fingerprint density at radius 3 is 2.81 bits per heavy atom. The van der Waals surface area contributed by atoms with Gasteiger partial charge in [0.25, 0.3) is 5.82 Å². The fourth-order valence-corrected chi connectivity index (χ4v) is 1.27. The highest BCUT2D eigenvalue weighted by atomic mass is 19.1. The summed E-state index contributed by atoms with van der Waals surface area (Å²) >= 11 is 0. The Balaban J connectivity index is 2.21. The zero-order chi connectivity index (χ0) is 11.5. The summed E-state index contributed by atoms with van der Waals surface area (Å²) in [4.78, 5) is 14.1. The lowest BCUT2D eigenvalue weighted by atomic mass is 10.2. The van der Waals surface area contributed by atoms with E-state index in [1.807, 2.05) is 0 Å². The summed E-state index contributed by atoms with van der Waals surface area (Å²) in [7, 11) is 0. The molecule has 0 aliphatic heterocycles. The second kappa shape index (κ2) is 4.09. The Hall–Kier alpha value is -2.24. The van der Waals surface area contributed by atoms with Crippen LogP contribution in [0, 0.1) is 5.82 Å². The number of nitrogens with zero attached hydrogens (tertiary/aromatic N) is 3. The minimum absolute atomic E-state index is 0.160. The quantitative estimate of drug-likeness (QED) is 0.844. The van der Waals surface area contributed by atoms with Crippen molar-refractivity contribution in [1.29, 1.82) is 0 Å². The van der Waals surface area contributed by atoms with Gasteiger partial charge in [-0.05, 0) is 6.07 Å². The van der Waals surface area contributed by atoms with E-state index in [-0.39, 0.29) is 18.2 Å². The van der Waals surface area contributed by atoms with Crippen LogP contribution < -0.4 is 0 Å². The third-order valence-corrected chi connectivity index (χ3v) is 2.02. The lowest BCUT2D eigenvalue weighted by Crippen LogP contribution is -2.05. The van der Waals surface area contributed by atoms with Crippen LogP contribution in [0.3, 0.4) is 0 Å². The molecule has 0 saturated heterocycles. The highest BCUT2D eigenvalue weighted by Crippen LogP contribution is 2.07. The summed E-state index contributed by atoms with van der Waals surface area (Å²) in [6.45, 7) is 0.160. The van der Waals surface area contributed by atoms with Crippen molar-refractivity contribution in [3.8, 4) is 0 Å². The van der Waals surface area contributed by atoms with Gasteiger partial charge in [-0.3, -0.25) is 0 Å². The smallest absolute Gasteiger partial charge is 0.375 e. The van der Waals surface area contributed by atoms with Crippen LogP contribution in [-0.4, -0.2) is 25.8 Å². The first-order valence-corrected chi connectivity index (χ1v) is 4.53. The number of rotatable bonds is 3. The number of carboxylic acids is 1. The first-order chi connectivity index (χ1) is 7.66. The van der Waals surface area contributed by atoms with E-state index >= 15 is 0 Å². The largest absolute Gasteiger partial charge is 0.475 e. The molecule has 1 N–H and O–H groups in total. The number of hydrogen-bond acceptors (Lipinski definition) is 3. The minimum Gasteiger partial charge on any atom is -0.475 e. The van der Waals surface area contributed by atoms with Crippen molar-refractivity contribution in [3.63, 3.8) is 0 Å². The van der Waals surface area contributed by atoms with Gasteiger partial charge in [0.1, 0.15) is 12.1 Å². The van der Waals surface area contributed by atoms with Crippen molar-refractivity contribution in [2.45, 2.75) is 6.54 Å². The topological polar surface area (TPSA) is 68.0 Å². The van der Waals surface area contributed by atoms with Crippen LogP contribution in [0.25, 0.3) is 0 Å². The fraction of sp³-hybridized carbons (Fsp3) is 0.100. The zero-order valence-corrected chi connectivity index (χ0v) is 8.17. The molecular weight excluding hydrogens is 213 g/mol. The van der Waals surface area contributed by atoms with Crippen LogP contribution in [0.5, 0.6) is 0 Å². The predicted molar refractivity (Wildman–Crippen MR) is 52.5 cm³/mol. The normalized spacial score (nSPS) is 10.3. The van der Waals surface area contributed by atoms with Gasteiger partial charge in [0, 0.05) is 5.56 Å². The second-order valence-corrected chi connectivity index (χ2v) is 3.16. The van der Waals surface area contributed by atoms with E-state index in [9.17, 15) is 9.18 Å². The lowest BCUT2D eigenvalue weighted by molar-refractivity contribution is 0.0683. The number of carbonyl (C=O) groups is 1. The van der Waals surface area contributed by atoms with Gasteiger partial charge in [0.2, 0.25) is 0 Å². The maximum atomic E-state index is 13.3. The van der Waals surface area contributed by atoms with E-state index in [1.165, 1.54) is 17.1 Å². The third-order valence-electron chi connectivity index (χ3n) is 2.02. The van der Waals surface area contributed by atoms with Crippen LogP contribution in [0.2, 0.25) is 0 Å². The monoisotopic (exact) mass is 221 g/mol. The van der Waals surface area contributed by atoms with Gasteiger partial charge in [0.15, 0.2) is 0 Å². The van der Waals surface area contributed by atoms with Crippen molar-refractivity contribution >= 4 is 5.97 Å². The van der Waals surface area contributed by atoms with E-state index in [1.54, 1.807) is 18.2 Å². The number of hydrogen-bond donors (Lipinski definition) is 1. The van der Waals surface area contributed by atoms with Crippen molar-refractivity contribution in [1.82, 2.24) is 14.8 Å². The molecule has 0 fully saturated rings. The maximum absolute atomic E-state index is 13.3. The highest BCUT2D eigenvalue weighted by Gasteiger charge is 2.09. The van der Waals surface area contributed by atoms with Crippen LogP contribution in [-0.2, 0) is 6.54 Å². The number of aromatic nitrogens is 3. The first-order valence-electron chi connectivity index (χ1n) is 4.53. The maximum Gasteiger partial charge on any atom is 0.375 e. The molecule has 1 aromatic carbocycles. The summed E-state index contributed by atoms with van der Waals surface area (Å²) in [5.41, 5.74) is 0.435. The van der Waals surface area contributed by atoms with E-state index in [2.05, 4.69) is 10.1 Å². The Morgan fingerprint density at radius 1 is 1.44 bits per heavy atom. The molecule has 1 heterocycles. The fourth-order valence-electron chi connectivity index (χ4n) is 1.27. The molecule has 0 spiro atoms. The predicted octanol–water partition coefficient (Wildman–Crippen LogP) is 1.16. The summed E-state index contributed by atoms with van der Waals surface area (Å²) in [5.74, 6) is -1.85. The van der Waals surface area contributed by atoms with Gasteiger partial charge in [0.05, 0.1) is 6.54 Å². The lowest BCUT2D eigenvalue weighted by Gasteiger charge is -2.01. The SMILES string of the molecule is O=C(O)c1ncn(Cc2ccccc2F)n1. The van der Waals surface area contributed by atoms with Crippen LogP contribution in [0.15, 0.2) is 30.6 Å². The van der Waals surface area contributed by atoms with Gasteiger partial charge in [-0.2, -0.15) is 0 Å². The molecule has 0 amide bonds. The Kier molecular flexibility index (Phi) is 2.63. The van der Waals surface area contributed by atoms with Gasteiger partial charge in [-0.15, -0.1) is 5.10 Å². The molecule has 5 nitrogen and oxygen atoms in total. The molecule has 6 heteroatoms. The van der Waals surface area contributed by atoms with Crippen molar-refractivity contribution in [3.05, 3.63) is 47.8 Å². The van der Waals surface area contributed by atoms with Crippen molar-refractivity contribution in [2.75, 3.05) is 0 Å². The average molecular weight is 221 g/mol. The van der Waals surface area contributed by atoms with E-state index in [4.69, 9.17) is 5.11 Å². The molecule has 2 aromatic rings. The molecular formula is C10H8FN3O2. The van der Waals surface area contributed by atoms with Crippen LogP contribution in [0.4, 0.5) is 4.39 Å². The number of benzene rings is 1. The Bertz CT molecular complexity index is 524. The Morgan fingerprint density at radius 2 is 2.19 bits per heavy atom. The second-order valence-electron chi connectivity index (χ2n) is 3.16. The minimum atomic E-state index is -1.20. The Labute approximate surface area is 90.2 Å². The summed E-state index contributed by atoms with van der Waals surface area (Å²) in [5, 5.41) is 12.3. The number of carboxylic acid groups (broad SMARTS) is 1. The van der Waals surface area contributed by atoms with Crippen molar-refractivity contribution < 1.29 is 14.3 Å². The molecule has 0 radical (unpaired) electrons. The van der Waals surface area contributed by atoms with E-state index in [0.29, 0.717) is 5.56 Å². The summed E-state index contributed by atoms with van der Waals surface area (Å²) in [6.07, 6.45) is 1.26. The molecule has 0 unspecified atom stereocenters. The van der Waals surface area contributed by atoms with Gasteiger partial charge < -0.3 is 5.11 Å². The molecule has 0 atom stereocenters. The molecule has 0 bridgehead atoms. The van der Waals surface area contributed by atoms with Crippen molar-refractivity contribution in [2.24, 2.45) is 0 Å². The standard InChI is InChI=1S/C10H8FN3O2/c11-8-4-2-1-3-7(8)5-14-6-12-9(13-14)10(15)16/h1-4,6H,5H2,(H,15,16). The van der Waals surface area contributed by atoms with E-state index in [0.717, 1.165) is 0 Å². The summed E-state index contributed by atoms with van der Waals surface area (Å²) < 4.78 is 14.5. The molecule has 0 saturated carbocycles. The van der Waals surface area contributed by atoms with E-state index < -0.39 is 5.97 Å². The number of aromatic carboxylic acids is 1. The van der Waals surface area contributed by atoms with Crippen LogP contribution >= 0.6 is 0 Å². The first kappa shape index (κ1) is 10.3. The van der Waals surface area contributed by atoms with Gasteiger partial charge >= 0.3 is 5.97 Å². The molecule has 16 heavy (non-hydrogen) atoms. The summed E-state index contributed by atoms with van der Waals surface area (Å²) in [6, 6.07) is 6.23. The number of halogens is 1.